The summed E-state index contributed by atoms with van der Waals surface area (Å²) in [7, 11) is 0. The highest BCUT2D eigenvalue weighted by Gasteiger charge is 2.18. The molecule has 1 unspecified atom stereocenters. The van der Waals surface area contributed by atoms with Gasteiger partial charge in [0, 0.05) is 46.0 Å². The van der Waals surface area contributed by atoms with Crippen LogP contribution in [0.25, 0.3) is 0 Å². The van der Waals surface area contributed by atoms with Gasteiger partial charge in [-0.25, -0.2) is 0 Å². The average molecular weight is 462 g/mol. The first-order chi connectivity index (χ1) is 16.1. The first kappa shape index (κ1) is 22.3. The number of carbonyl (C=O) groups excluding carboxylic acids is 1. The summed E-state index contributed by atoms with van der Waals surface area (Å²) in [6.45, 7) is 1.52. The summed E-state index contributed by atoms with van der Waals surface area (Å²) >= 11 is 1.43. The first-order valence-electron chi connectivity index (χ1n) is 10.4. The number of aliphatic imine (C=N–C) groups is 1. The minimum absolute atomic E-state index is 0.0348. The molecule has 1 atom stereocenters. The second-order valence-corrected chi connectivity index (χ2v) is 8.61. The number of guanidine groups is 1. The van der Waals surface area contributed by atoms with E-state index in [2.05, 4.69) is 25.9 Å². The van der Waals surface area contributed by atoms with Crippen molar-refractivity contribution in [1.29, 1.82) is 0 Å². The summed E-state index contributed by atoms with van der Waals surface area (Å²) in [5, 5.41) is 18.3. The SMILES string of the molecule is O=C(O)CC(Sc1cccc(NC(=O)c2cccc(NC3=NCCN3)c2)c1)c1cccnc1. The van der Waals surface area contributed by atoms with Crippen LogP contribution in [-0.2, 0) is 4.79 Å². The minimum atomic E-state index is -0.881. The number of thioether (sulfide) groups is 1. The van der Waals surface area contributed by atoms with Gasteiger partial charge in [-0.1, -0.05) is 18.2 Å². The Morgan fingerprint density at radius 2 is 1.94 bits per heavy atom. The van der Waals surface area contributed by atoms with E-state index in [0.717, 1.165) is 29.2 Å². The Bertz CT molecular complexity index is 1170. The van der Waals surface area contributed by atoms with E-state index in [9.17, 15) is 14.7 Å². The van der Waals surface area contributed by atoms with Crippen molar-refractivity contribution < 1.29 is 14.7 Å². The average Bonchev–Trinajstić information content (AvgIpc) is 3.32. The van der Waals surface area contributed by atoms with Gasteiger partial charge in [0.1, 0.15) is 0 Å². The Hall–Kier alpha value is -3.85. The lowest BCUT2D eigenvalue weighted by Gasteiger charge is -2.15. The number of aromatic nitrogens is 1. The normalized spacial score (nSPS) is 13.5. The molecule has 4 rings (SSSR count). The molecule has 0 saturated carbocycles. The largest absolute Gasteiger partial charge is 0.481 e. The van der Waals surface area contributed by atoms with Gasteiger partial charge in [0.05, 0.1) is 13.0 Å². The molecule has 1 aliphatic rings. The van der Waals surface area contributed by atoms with E-state index in [4.69, 9.17) is 0 Å². The number of carbonyl (C=O) groups is 2. The summed E-state index contributed by atoms with van der Waals surface area (Å²) in [6.07, 6.45) is 3.30. The topological polar surface area (TPSA) is 116 Å². The molecular formula is C24H23N5O3S. The van der Waals surface area contributed by atoms with Gasteiger partial charge in [0.15, 0.2) is 5.96 Å². The van der Waals surface area contributed by atoms with E-state index >= 15 is 0 Å². The van der Waals surface area contributed by atoms with Crippen molar-refractivity contribution in [2.45, 2.75) is 16.6 Å². The van der Waals surface area contributed by atoms with Crippen molar-refractivity contribution in [3.05, 3.63) is 84.2 Å². The number of nitrogens with zero attached hydrogens (tertiary/aromatic N) is 2. The zero-order chi connectivity index (χ0) is 23.0. The van der Waals surface area contributed by atoms with Gasteiger partial charge >= 0.3 is 5.97 Å². The number of rotatable bonds is 8. The molecule has 1 amide bonds. The number of carboxylic acids is 1. The fraction of sp³-hybridized carbons (Fsp3) is 0.167. The van der Waals surface area contributed by atoms with E-state index in [-0.39, 0.29) is 17.6 Å². The van der Waals surface area contributed by atoms with Crippen LogP contribution in [0.4, 0.5) is 11.4 Å². The third-order valence-corrected chi connectivity index (χ3v) is 6.10. The highest BCUT2D eigenvalue weighted by molar-refractivity contribution is 7.99. The third kappa shape index (κ3) is 6.33. The van der Waals surface area contributed by atoms with Crippen LogP contribution in [0.2, 0.25) is 0 Å². The lowest BCUT2D eigenvalue weighted by Crippen LogP contribution is -2.26. The molecule has 3 aromatic rings. The molecule has 8 nitrogen and oxygen atoms in total. The Morgan fingerprint density at radius 3 is 2.70 bits per heavy atom. The molecule has 0 bridgehead atoms. The van der Waals surface area contributed by atoms with Gasteiger partial charge < -0.3 is 21.1 Å². The van der Waals surface area contributed by atoms with Crippen LogP contribution in [0, 0.1) is 0 Å². The number of amides is 1. The lowest BCUT2D eigenvalue weighted by atomic mass is 10.1. The van der Waals surface area contributed by atoms with Crippen molar-refractivity contribution in [1.82, 2.24) is 10.3 Å². The quantitative estimate of drug-likeness (QED) is 0.375. The highest BCUT2D eigenvalue weighted by Crippen LogP contribution is 2.38. The molecule has 0 saturated heterocycles. The summed E-state index contributed by atoms with van der Waals surface area (Å²) in [4.78, 5) is 33.5. The van der Waals surface area contributed by atoms with Crippen molar-refractivity contribution in [3.63, 3.8) is 0 Å². The first-order valence-corrected chi connectivity index (χ1v) is 11.3. The van der Waals surface area contributed by atoms with Crippen LogP contribution in [0.3, 0.4) is 0 Å². The van der Waals surface area contributed by atoms with E-state index < -0.39 is 5.97 Å². The minimum Gasteiger partial charge on any atom is -0.481 e. The number of anilines is 2. The number of pyridine rings is 1. The monoisotopic (exact) mass is 461 g/mol. The number of carboxylic acid groups (broad SMARTS) is 1. The lowest BCUT2D eigenvalue weighted by molar-refractivity contribution is -0.137. The number of aliphatic carboxylic acids is 1. The Balaban J connectivity index is 1.45. The van der Waals surface area contributed by atoms with E-state index in [1.54, 1.807) is 36.7 Å². The van der Waals surface area contributed by atoms with Gasteiger partial charge in [0.2, 0.25) is 0 Å². The molecule has 2 aromatic carbocycles. The maximum atomic E-state index is 12.8. The number of hydrogen-bond donors (Lipinski definition) is 4. The Labute approximate surface area is 195 Å². The molecule has 33 heavy (non-hydrogen) atoms. The van der Waals surface area contributed by atoms with Crippen molar-refractivity contribution in [2.24, 2.45) is 4.99 Å². The molecule has 0 fully saturated rings. The van der Waals surface area contributed by atoms with Crippen LogP contribution in [0.1, 0.15) is 27.6 Å². The van der Waals surface area contributed by atoms with E-state index in [1.807, 2.05) is 36.4 Å². The van der Waals surface area contributed by atoms with E-state index in [1.165, 1.54) is 11.8 Å². The zero-order valence-electron chi connectivity index (χ0n) is 17.7. The molecule has 9 heteroatoms. The molecule has 1 aliphatic heterocycles. The second-order valence-electron chi connectivity index (χ2n) is 7.34. The maximum absolute atomic E-state index is 12.8. The van der Waals surface area contributed by atoms with E-state index in [0.29, 0.717) is 17.2 Å². The number of hydrogen-bond acceptors (Lipinski definition) is 7. The predicted octanol–water partition coefficient (Wildman–Crippen LogP) is 4.01. The van der Waals surface area contributed by atoms with Gasteiger partial charge in [0.25, 0.3) is 5.91 Å². The van der Waals surface area contributed by atoms with Crippen molar-refractivity contribution in [3.8, 4) is 0 Å². The molecule has 0 aliphatic carbocycles. The van der Waals surface area contributed by atoms with Crippen molar-refractivity contribution in [2.75, 3.05) is 23.7 Å². The van der Waals surface area contributed by atoms with Gasteiger partial charge in [-0.05, 0) is 48.0 Å². The van der Waals surface area contributed by atoms with Crippen LogP contribution >= 0.6 is 11.8 Å². The Morgan fingerprint density at radius 1 is 1.09 bits per heavy atom. The van der Waals surface area contributed by atoms with Crippen LogP contribution in [0.5, 0.6) is 0 Å². The smallest absolute Gasteiger partial charge is 0.304 e. The highest BCUT2D eigenvalue weighted by atomic mass is 32.2. The number of benzene rings is 2. The fourth-order valence-electron chi connectivity index (χ4n) is 3.32. The zero-order valence-corrected chi connectivity index (χ0v) is 18.5. The van der Waals surface area contributed by atoms with Gasteiger partial charge in [-0.2, -0.15) is 0 Å². The molecule has 1 aromatic heterocycles. The molecule has 168 valence electrons. The summed E-state index contributed by atoms with van der Waals surface area (Å²) in [5.41, 5.74) is 2.75. The number of nitrogens with one attached hydrogen (secondary N) is 3. The third-order valence-electron chi connectivity index (χ3n) is 4.85. The summed E-state index contributed by atoms with van der Waals surface area (Å²) in [6, 6.07) is 18.2. The van der Waals surface area contributed by atoms with Crippen LogP contribution in [-0.4, -0.2) is 41.0 Å². The van der Waals surface area contributed by atoms with Crippen LogP contribution in [0.15, 0.2) is 82.9 Å². The molecular weight excluding hydrogens is 438 g/mol. The fourth-order valence-corrected chi connectivity index (χ4v) is 4.51. The Kier molecular flexibility index (Phi) is 7.21. The summed E-state index contributed by atoms with van der Waals surface area (Å²) < 4.78 is 0. The second kappa shape index (κ2) is 10.6. The molecule has 0 radical (unpaired) electrons. The standard InChI is InChI=1S/C24H23N5O3S/c30-22(31)14-21(17-5-3-9-25-15-17)33-20-8-2-7-19(13-20)28-23(32)16-4-1-6-18(12-16)29-24-26-10-11-27-24/h1-9,12-13,15,21H,10-11,14H2,(H,28,32)(H,30,31)(H2,26,27,29). The molecule has 0 spiro atoms. The van der Waals surface area contributed by atoms with Crippen LogP contribution < -0.4 is 16.0 Å². The molecule has 4 N–H and O–H groups in total. The summed E-state index contributed by atoms with van der Waals surface area (Å²) in [5.74, 6) is -0.425. The maximum Gasteiger partial charge on any atom is 0.304 e. The van der Waals surface area contributed by atoms with Gasteiger partial charge in [-0.3, -0.25) is 19.6 Å². The predicted molar refractivity (Wildman–Crippen MR) is 130 cm³/mol. The van der Waals surface area contributed by atoms with Crippen molar-refractivity contribution >= 4 is 41.0 Å². The van der Waals surface area contributed by atoms with Gasteiger partial charge in [-0.15, -0.1) is 11.8 Å². The molecule has 2 heterocycles.